The number of carbonyl (C=O) groups is 1. The molecule has 0 aliphatic carbocycles. The topological polar surface area (TPSA) is 77.2 Å². The summed E-state index contributed by atoms with van der Waals surface area (Å²) < 4.78 is 10.8. The molecule has 2 heterocycles. The largest absolute Gasteiger partial charge is 0.444 e. The maximum atomic E-state index is 12.3. The van der Waals surface area contributed by atoms with Gasteiger partial charge in [-0.25, -0.2) is 4.79 Å². The molecule has 33 heavy (non-hydrogen) atoms. The predicted molar refractivity (Wildman–Crippen MR) is 127 cm³/mol. The zero-order valence-electron chi connectivity index (χ0n) is 18.8. The summed E-state index contributed by atoms with van der Waals surface area (Å²) in [5.41, 5.74) is 2.08. The van der Waals surface area contributed by atoms with Crippen molar-refractivity contribution in [3.63, 3.8) is 0 Å². The molecule has 2 aromatic heterocycles. The number of fused-ring (bicyclic) bond motifs is 1. The SMILES string of the molecule is CC(C)(C)OC(=O)NC(C#Cc1cc(-c2ccc3cnccc3c2)no1)Cc1ccccc1. The molecular weight excluding hydrogens is 414 g/mol. The van der Waals surface area contributed by atoms with Crippen molar-refractivity contribution in [2.45, 2.75) is 38.8 Å². The van der Waals surface area contributed by atoms with E-state index >= 15 is 0 Å². The van der Waals surface area contributed by atoms with E-state index in [9.17, 15) is 4.79 Å². The number of benzene rings is 2. The summed E-state index contributed by atoms with van der Waals surface area (Å²) in [5.74, 6) is 6.51. The van der Waals surface area contributed by atoms with E-state index in [0.717, 1.165) is 21.9 Å². The number of pyridine rings is 1. The van der Waals surface area contributed by atoms with E-state index in [1.165, 1.54) is 0 Å². The van der Waals surface area contributed by atoms with Crippen molar-refractivity contribution in [2.24, 2.45) is 0 Å². The van der Waals surface area contributed by atoms with E-state index in [1.807, 2.05) is 81.6 Å². The summed E-state index contributed by atoms with van der Waals surface area (Å²) in [6, 6.07) is 19.1. The minimum Gasteiger partial charge on any atom is -0.444 e. The van der Waals surface area contributed by atoms with Gasteiger partial charge in [0.05, 0.1) is 6.04 Å². The van der Waals surface area contributed by atoms with Crippen LogP contribution in [0.5, 0.6) is 0 Å². The number of carbonyl (C=O) groups excluding carboxylic acids is 1. The molecule has 0 fully saturated rings. The number of hydrogen-bond donors (Lipinski definition) is 1. The number of rotatable bonds is 4. The summed E-state index contributed by atoms with van der Waals surface area (Å²) >= 11 is 0. The van der Waals surface area contributed by atoms with Gasteiger partial charge in [-0.3, -0.25) is 4.98 Å². The Hall–Kier alpha value is -4.11. The van der Waals surface area contributed by atoms with Gasteiger partial charge < -0.3 is 14.6 Å². The third-order valence-electron chi connectivity index (χ3n) is 4.79. The van der Waals surface area contributed by atoms with E-state index in [-0.39, 0.29) is 0 Å². The average Bonchev–Trinajstić information content (AvgIpc) is 3.26. The first-order valence-corrected chi connectivity index (χ1v) is 10.7. The Bertz CT molecular complexity index is 1310. The highest BCUT2D eigenvalue weighted by Crippen LogP contribution is 2.23. The number of amides is 1. The molecule has 0 radical (unpaired) electrons. The molecule has 4 rings (SSSR count). The number of ether oxygens (including phenoxy) is 1. The zero-order chi connectivity index (χ0) is 23.3. The molecule has 0 bridgehead atoms. The summed E-state index contributed by atoms with van der Waals surface area (Å²) in [5, 5.41) is 9.14. The normalized spacial score (nSPS) is 12.0. The Morgan fingerprint density at radius 1 is 1.09 bits per heavy atom. The summed E-state index contributed by atoms with van der Waals surface area (Å²) in [4.78, 5) is 16.5. The standard InChI is InChI=1S/C27H25N3O3/c1-27(2,3)32-26(31)29-23(15-19-7-5-4-6-8-19)11-12-24-17-25(30-33-24)21-9-10-22-18-28-14-13-20(22)16-21/h4-10,13-14,16-18,23H,15H2,1-3H3,(H,29,31). The Labute approximate surface area is 193 Å². The lowest BCUT2D eigenvalue weighted by atomic mass is 10.1. The van der Waals surface area contributed by atoms with Crippen LogP contribution >= 0.6 is 0 Å². The first kappa shape index (κ1) is 22.1. The van der Waals surface area contributed by atoms with Gasteiger partial charge in [-0.2, -0.15) is 0 Å². The third-order valence-corrected chi connectivity index (χ3v) is 4.79. The molecule has 0 aliphatic rings. The number of hydrogen-bond acceptors (Lipinski definition) is 5. The van der Waals surface area contributed by atoms with Gasteiger partial charge in [-0.05, 0) is 49.8 Å². The van der Waals surface area contributed by atoms with Crippen LogP contribution in [0.15, 0.2) is 77.6 Å². The quantitative estimate of drug-likeness (QED) is 0.432. The minimum atomic E-state index is -0.593. The van der Waals surface area contributed by atoms with Gasteiger partial charge in [0, 0.05) is 35.8 Å². The molecule has 4 aromatic rings. The summed E-state index contributed by atoms with van der Waals surface area (Å²) in [6.45, 7) is 5.47. The van der Waals surface area contributed by atoms with Crippen LogP contribution in [0.25, 0.3) is 22.0 Å². The van der Waals surface area contributed by atoms with Crippen LogP contribution in [0.2, 0.25) is 0 Å². The molecule has 0 aliphatic heterocycles. The first-order valence-electron chi connectivity index (χ1n) is 10.7. The molecular formula is C27H25N3O3. The molecule has 6 heteroatoms. The number of nitrogens with one attached hydrogen (secondary N) is 1. The van der Waals surface area contributed by atoms with E-state index in [4.69, 9.17) is 9.26 Å². The molecule has 2 aromatic carbocycles. The highest BCUT2D eigenvalue weighted by Gasteiger charge is 2.19. The van der Waals surface area contributed by atoms with Gasteiger partial charge in [0.25, 0.3) is 0 Å². The van der Waals surface area contributed by atoms with E-state index in [1.54, 1.807) is 12.3 Å². The fourth-order valence-corrected chi connectivity index (χ4v) is 3.31. The first-order chi connectivity index (χ1) is 15.9. The van der Waals surface area contributed by atoms with Crippen molar-refractivity contribution < 1.29 is 14.1 Å². The van der Waals surface area contributed by atoms with Crippen molar-refractivity contribution in [3.05, 3.63) is 84.4 Å². The van der Waals surface area contributed by atoms with Crippen molar-refractivity contribution in [1.29, 1.82) is 0 Å². The molecule has 1 amide bonds. The highest BCUT2D eigenvalue weighted by atomic mass is 16.6. The Kier molecular flexibility index (Phi) is 6.41. The lowest BCUT2D eigenvalue weighted by molar-refractivity contribution is 0.0516. The number of nitrogens with zero attached hydrogens (tertiary/aromatic N) is 2. The second-order valence-corrected chi connectivity index (χ2v) is 8.67. The molecule has 166 valence electrons. The zero-order valence-corrected chi connectivity index (χ0v) is 18.8. The maximum absolute atomic E-state index is 12.3. The molecule has 1 unspecified atom stereocenters. The fraction of sp³-hybridized carbons (Fsp3) is 0.222. The smallest absolute Gasteiger partial charge is 0.408 e. The Balaban J connectivity index is 1.54. The van der Waals surface area contributed by atoms with Gasteiger partial charge >= 0.3 is 6.09 Å². The van der Waals surface area contributed by atoms with Crippen LogP contribution in [-0.4, -0.2) is 27.9 Å². The lowest BCUT2D eigenvalue weighted by Gasteiger charge is -2.21. The van der Waals surface area contributed by atoms with Gasteiger partial charge in [0.1, 0.15) is 11.3 Å². The molecule has 0 spiro atoms. The fourth-order valence-electron chi connectivity index (χ4n) is 3.31. The third kappa shape index (κ3) is 6.20. The Morgan fingerprint density at radius 3 is 2.70 bits per heavy atom. The van der Waals surface area contributed by atoms with E-state index in [2.05, 4.69) is 27.3 Å². The average molecular weight is 440 g/mol. The van der Waals surface area contributed by atoms with Crippen LogP contribution in [-0.2, 0) is 11.2 Å². The number of alkyl carbamates (subject to hydrolysis) is 1. The minimum absolute atomic E-state index is 0.420. The number of aromatic nitrogens is 2. The lowest BCUT2D eigenvalue weighted by Crippen LogP contribution is -2.39. The van der Waals surface area contributed by atoms with Gasteiger partial charge in [0.15, 0.2) is 0 Å². The maximum Gasteiger partial charge on any atom is 0.408 e. The van der Waals surface area contributed by atoms with Crippen LogP contribution in [0, 0.1) is 11.8 Å². The van der Waals surface area contributed by atoms with Crippen LogP contribution in [0.3, 0.4) is 0 Å². The van der Waals surface area contributed by atoms with Crippen LogP contribution < -0.4 is 5.32 Å². The second kappa shape index (κ2) is 9.58. The molecule has 1 N–H and O–H groups in total. The summed E-state index contributed by atoms with van der Waals surface area (Å²) in [6.07, 6.45) is 3.61. The van der Waals surface area contributed by atoms with Gasteiger partial charge in [0.2, 0.25) is 5.76 Å². The van der Waals surface area contributed by atoms with Gasteiger partial charge in [-0.1, -0.05) is 53.5 Å². The van der Waals surface area contributed by atoms with E-state index in [0.29, 0.717) is 17.9 Å². The molecule has 1 atom stereocenters. The van der Waals surface area contributed by atoms with Gasteiger partial charge in [-0.15, -0.1) is 0 Å². The van der Waals surface area contributed by atoms with Crippen molar-refractivity contribution in [1.82, 2.24) is 15.5 Å². The Morgan fingerprint density at radius 2 is 1.91 bits per heavy atom. The van der Waals surface area contributed by atoms with Crippen molar-refractivity contribution >= 4 is 16.9 Å². The summed E-state index contributed by atoms with van der Waals surface area (Å²) in [7, 11) is 0. The van der Waals surface area contributed by atoms with Crippen molar-refractivity contribution in [2.75, 3.05) is 0 Å². The second-order valence-electron chi connectivity index (χ2n) is 8.67. The monoisotopic (exact) mass is 439 g/mol. The van der Waals surface area contributed by atoms with Crippen molar-refractivity contribution in [3.8, 4) is 23.1 Å². The van der Waals surface area contributed by atoms with Crippen LogP contribution in [0.4, 0.5) is 4.79 Å². The van der Waals surface area contributed by atoms with Crippen LogP contribution in [0.1, 0.15) is 32.1 Å². The molecule has 6 nitrogen and oxygen atoms in total. The molecule has 0 saturated carbocycles. The highest BCUT2D eigenvalue weighted by molar-refractivity contribution is 5.86. The molecule has 0 saturated heterocycles. The predicted octanol–water partition coefficient (Wildman–Crippen LogP) is 5.38. The van der Waals surface area contributed by atoms with E-state index < -0.39 is 17.7 Å².